The number of hydrogen-bond donors (Lipinski definition) is 0. The second-order valence-corrected chi connectivity index (χ2v) is 7.40. The number of amides is 1. The zero-order valence-corrected chi connectivity index (χ0v) is 15.1. The van der Waals surface area contributed by atoms with Crippen molar-refractivity contribution >= 4 is 5.91 Å². The maximum atomic E-state index is 12.9. The molecule has 3 rings (SSSR count). The molecule has 0 saturated carbocycles. The minimum Gasteiger partial charge on any atom is -0.372 e. The highest BCUT2D eigenvalue weighted by molar-refractivity contribution is 5.81. The number of ether oxygens (including phenoxy) is 1. The van der Waals surface area contributed by atoms with Crippen LogP contribution >= 0.6 is 0 Å². The Morgan fingerprint density at radius 2 is 1.67 bits per heavy atom. The first-order chi connectivity index (χ1) is 11.5. The van der Waals surface area contributed by atoms with Gasteiger partial charge >= 0.3 is 0 Å². The molecular formula is C20H30N2O2. The molecule has 2 fully saturated rings. The van der Waals surface area contributed by atoms with Crippen LogP contribution < -0.4 is 0 Å². The van der Waals surface area contributed by atoms with E-state index in [1.54, 1.807) is 0 Å². The summed E-state index contributed by atoms with van der Waals surface area (Å²) in [5.74, 6) is 0.892. The molecule has 0 bridgehead atoms. The monoisotopic (exact) mass is 330 g/mol. The third-order valence-corrected chi connectivity index (χ3v) is 5.44. The fourth-order valence-corrected chi connectivity index (χ4v) is 4.12. The van der Waals surface area contributed by atoms with Crippen molar-refractivity contribution < 1.29 is 9.53 Å². The van der Waals surface area contributed by atoms with Crippen LogP contribution in [0.1, 0.15) is 45.1 Å². The van der Waals surface area contributed by atoms with Crippen molar-refractivity contribution in [1.29, 1.82) is 0 Å². The largest absolute Gasteiger partial charge is 0.372 e. The summed E-state index contributed by atoms with van der Waals surface area (Å²) in [6.07, 6.45) is 2.54. The van der Waals surface area contributed by atoms with E-state index in [0.717, 1.165) is 25.9 Å². The minimum atomic E-state index is -0.0285. The highest BCUT2D eigenvalue weighted by Gasteiger charge is 2.33. The molecule has 1 aromatic carbocycles. The first kappa shape index (κ1) is 17.4. The normalized spacial score (nSPS) is 27.9. The smallest absolute Gasteiger partial charge is 0.239 e. The maximum Gasteiger partial charge on any atom is 0.239 e. The third-order valence-electron chi connectivity index (χ3n) is 5.44. The molecule has 4 heteroatoms. The SMILES string of the molecule is CC1CN(C(=O)C(C)N2CCC(c3ccccc3)CC2)CC(C)O1. The van der Waals surface area contributed by atoms with Crippen molar-refractivity contribution in [1.82, 2.24) is 9.80 Å². The zero-order chi connectivity index (χ0) is 17.1. The molecule has 2 aliphatic rings. The van der Waals surface area contributed by atoms with Crippen LogP contribution in [0, 0.1) is 0 Å². The van der Waals surface area contributed by atoms with Crippen LogP contribution in [-0.2, 0) is 9.53 Å². The molecule has 1 amide bonds. The molecular weight excluding hydrogens is 300 g/mol. The van der Waals surface area contributed by atoms with Gasteiger partial charge in [0, 0.05) is 13.1 Å². The van der Waals surface area contributed by atoms with Crippen molar-refractivity contribution in [3.05, 3.63) is 35.9 Å². The van der Waals surface area contributed by atoms with Crippen LogP contribution in [0.2, 0.25) is 0 Å². The van der Waals surface area contributed by atoms with E-state index in [4.69, 9.17) is 4.74 Å². The predicted molar refractivity (Wildman–Crippen MR) is 96.0 cm³/mol. The summed E-state index contributed by atoms with van der Waals surface area (Å²) in [7, 11) is 0. The number of piperidine rings is 1. The van der Waals surface area contributed by atoms with Crippen LogP contribution in [-0.4, -0.2) is 60.1 Å². The number of morpholine rings is 1. The van der Waals surface area contributed by atoms with Crippen molar-refractivity contribution in [2.24, 2.45) is 0 Å². The van der Waals surface area contributed by atoms with Crippen LogP contribution in [0.5, 0.6) is 0 Å². The van der Waals surface area contributed by atoms with Gasteiger partial charge in [0.2, 0.25) is 5.91 Å². The molecule has 0 aliphatic carbocycles. The van der Waals surface area contributed by atoms with Gasteiger partial charge in [-0.15, -0.1) is 0 Å². The Balaban J connectivity index is 1.55. The molecule has 0 spiro atoms. The summed E-state index contributed by atoms with van der Waals surface area (Å²) in [4.78, 5) is 17.2. The lowest BCUT2D eigenvalue weighted by Crippen LogP contribution is -2.55. The summed E-state index contributed by atoms with van der Waals surface area (Å²) in [6, 6.07) is 10.7. The predicted octanol–water partition coefficient (Wildman–Crippen LogP) is 2.89. The Kier molecular flexibility index (Phi) is 5.57. The van der Waals surface area contributed by atoms with Crippen molar-refractivity contribution in [3.8, 4) is 0 Å². The van der Waals surface area contributed by atoms with Gasteiger partial charge in [0.15, 0.2) is 0 Å². The Labute approximate surface area is 145 Å². The van der Waals surface area contributed by atoms with Gasteiger partial charge < -0.3 is 9.64 Å². The fraction of sp³-hybridized carbons (Fsp3) is 0.650. The number of likely N-dealkylation sites (tertiary alicyclic amines) is 1. The lowest BCUT2D eigenvalue weighted by atomic mass is 9.89. The molecule has 4 nitrogen and oxygen atoms in total. The van der Waals surface area contributed by atoms with Crippen LogP contribution in [0.25, 0.3) is 0 Å². The van der Waals surface area contributed by atoms with E-state index in [2.05, 4.69) is 42.2 Å². The standard InChI is InChI=1S/C20H30N2O2/c1-15-13-22(14-16(2)24-15)20(23)17(3)21-11-9-19(10-12-21)18-7-5-4-6-8-18/h4-8,15-17,19H,9-14H2,1-3H3. The van der Waals surface area contributed by atoms with Gasteiger partial charge in [-0.3, -0.25) is 9.69 Å². The molecule has 2 heterocycles. The van der Waals surface area contributed by atoms with Gasteiger partial charge in [0.05, 0.1) is 18.2 Å². The van der Waals surface area contributed by atoms with Gasteiger partial charge in [-0.25, -0.2) is 0 Å². The topological polar surface area (TPSA) is 32.8 Å². The molecule has 0 N–H and O–H groups in total. The van der Waals surface area contributed by atoms with E-state index >= 15 is 0 Å². The zero-order valence-electron chi connectivity index (χ0n) is 15.1. The maximum absolute atomic E-state index is 12.9. The Morgan fingerprint density at radius 1 is 1.08 bits per heavy atom. The minimum absolute atomic E-state index is 0.0285. The lowest BCUT2D eigenvalue weighted by molar-refractivity contribution is -0.148. The molecule has 0 radical (unpaired) electrons. The third kappa shape index (κ3) is 3.98. The summed E-state index contributed by atoms with van der Waals surface area (Å²) in [5, 5.41) is 0. The average molecular weight is 330 g/mol. The average Bonchev–Trinajstić information content (AvgIpc) is 2.60. The molecule has 3 atom stereocenters. The van der Waals surface area contributed by atoms with E-state index in [-0.39, 0.29) is 24.2 Å². The quantitative estimate of drug-likeness (QED) is 0.854. The molecule has 2 saturated heterocycles. The fourth-order valence-electron chi connectivity index (χ4n) is 4.12. The summed E-state index contributed by atoms with van der Waals surface area (Å²) >= 11 is 0. The van der Waals surface area contributed by atoms with Gasteiger partial charge in [0.1, 0.15) is 0 Å². The van der Waals surface area contributed by atoms with Gasteiger partial charge in [0.25, 0.3) is 0 Å². The molecule has 0 aromatic heterocycles. The molecule has 2 aliphatic heterocycles. The van der Waals surface area contributed by atoms with E-state index in [1.807, 2.05) is 18.7 Å². The van der Waals surface area contributed by atoms with Crippen LogP contribution in [0.4, 0.5) is 0 Å². The molecule has 3 unspecified atom stereocenters. The summed E-state index contributed by atoms with van der Waals surface area (Å²) in [6.45, 7) is 9.60. The van der Waals surface area contributed by atoms with Gasteiger partial charge in [-0.1, -0.05) is 30.3 Å². The second kappa shape index (κ2) is 7.66. The van der Waals surface area contributed by atoms with E-state index < -0.39 is 0 Å². The molecule has 1 aromatic rings. The number of hydrogen-bond acceptors (Lipinski definition) is 3. The van der Waals surface area contributed by atoms with Crippen molar-refractivity contribution in [2.75, 3.05) is 26.2 Å². The first-order valence-corrected chi connectivity index (χ1v) is 9.28. The highest BCUT2D eigenvalue weighted by atomic mass is 16.5. The Hall–Kier alpha value is -1.39. The Morgan fingerprint density at radius 3 is 2.25 bits per heavy atom. The molecule has 24 heavy (non-hydrogen) atoms. The number of carbonyl (C=O) groups is 1. The van der Waals surface area contributed by atoms with Gasteiger partial charge in [-0.05, 0) is 58.2 Å². The van der Waals surface area contributed by atoms with Crippen molar-refractivity contribution in [2.45, 2.75) is 57.8 Å². The van der Waals surface area contributed by atoms with E-state index in [0.29, 0.717) is 19.0 Å². The van der Waals surface area contributed by atoms with Crippen molar-refractivity contribution in [3.63, 3.8) is 0 Å². The summed E-state index contributed by atoms with van der Waals surface area (Å²) in [5.41, 5.74) is 1.44. The first-order valence-electron chi connectivity index (χ1n) is 9.28. The highest BCUT2D eigenvalue weighted by Crippen LogP contribution is 2.29. The Bertz CT molecular complexity index is 530. The number of benzene rings is 1. The number of carbonyl (C=O) groups excluding carboxylic acids is 1. The second-order valence-electron chi connectivity index (χ2n) is 7.40. The molecule has 132 valence electrons. The van der Waals surface area contributed by atoms with Crippen LogP contribution in [0.15, 0.2) is 30.3 Å². The number of rotatable bonds is 3. The van der Waals surface area contributed by atoms with Gasteiger partial charge in [-0.2, -0.15) is 0 Å². The van der Waals surface area contributed by atoms with E-state index in [1.165, 1.54) is 5.56 Å². The van der Waals surface area contributed by atoms with Crippen LogP contribution in [0.3, 0.4) is 0 Å². The van der Waals surface area contributed by atoms with E-state index in [9.17, 15) is 4.79 Å². The lowest BCUT2D eigenvalue weighted by Gasteiger charge is -2.40. The number of nitrogens with zero attached hydrogens (tertiary/aromatic N) is 2. The summed E-state index contributed by atoms with van der Waals surface area (Å²) < 4.78 is 5.75.